The molecule has 2 aromatic carbocycles. The van der Waals surface area contributed by atoms with Crippen LogP contribution in [0.3, 0.4) is 0 Å². The molecule has 0 saturated carbocycles. The third kappa shape index (κ3) is 6.61. The van der Waals surface area contributed by atoms with Crippen molar-refractivity contribution in [1.82, 2.24) is 10.6 Å². The quantitative estimate of drug-likeness (QED) is 0.761. The van der Waals surface area contributed by atoms with E-state index in [1.165, 1.54) is 0 Å². The number of urea groups is 1. The zero-order valence-corrected chi connectivity index (χ0v) is 13.9. The van der Waals surface area contributed by atoms with Gasteiger partial charge in [-0.05, 0) is 48.7 Å². The zero-order valence-electron chi connectivity index (χ0n) is 13.1. The molecule has 0 saturated heterocycles. The predicted molar refractivity (Wildman–Crippen MR) is 93.2 cm³/mol. The van der Waals surface area contributed by atoms with Gasteiger partial charge in [0.1, 0.15) is 12.4 Å². The van der Waals surface area contributed by atoms with Gasteiger partial charge in [0, 0.05) is 11.6 Å². The van der Waals surface area contributed by atoms with Crippen molar-refractivity contribution in [3.05, 3.63) is 64.7 Å². The molecule has 2 N–H and O–H groups in total. The first-order chi connectivity index (χ1) is 11.1. The van der Waals surface area contributed by atoms with Crippen LogP contribution in [0.15, 0.2) is 48.5 Å². The molecule has 0 radical (unpaired) electrons. The summed E-state index contributed by atoms with van der Waals surface area (Å²) in [4.78, 5) is 11.7. The molecule has 122 valence electrons. The number of nitrogens with one attached hydrogen (secondary N) is 2. The van der Waals surface area contributed by atoms with E-state index in [1.807, 2.05) is 55.5 Å². The van der Waals surface area contributed by atoms with E-state index in [2.05, 4.69) is 10.6 Å². The highest BCUT2D eigenvalue weighted by atomic mass is 35.5. The van der Waals surface area contributed by atoms with Gasteiger partial charge in [-0.15, -0.1) is 0 Å². The monoisotopic (exact) mass is 332 g/mol. The third-order valence-corrected chi connectivity index (χ3v) is 3.51. The van der Waals surface area contributed by atoms with Gasteiger partial charge in [-0.2, -0.15) is 0 Å². The minimum Gasteiger partial charge on any atom is -0.492 e. The molecule has 0 spiro atoms. The van der Waals surface area contributed by atoms with Crippen LogP contribution < -0.4 is 15.4 Å². The molecule has 5 heteroatoms. The van der Waals surface area contributed by atoms with Gasteiger partial charge in [-0.3, -0.25) is 0 Å². The largest absolute Gasteiger partial charge is 0.492 e. The molecule has 0 atom stereocenters. The zero-order chi connectivity index (χ0) is 16.5. The molecule has 0 fully saturated rings. The van der Waals surface area contributed by atoms with E-state index in [1.54, 1.807) is 0 Å². The van der Waals surface area contributed by atoms with Crippen LogP contribution in [0.5, 0.6) is 5.75 Å². The molecule has 2 rings (SSSR count). The van der Waals surface area contributed by atoms with Gasteiger partial charge in [0.25, 0.3) is 0 Å². The lowest BCUT2D eigenvalue weighted by Crippen LogP contribution is -2.38. The smallest absolute Gasteiger partial charge is 0.314 e. The fraction of sp³-hybridized carbons (Fsp3) is 0.278. The number of amides is 2. The van der Waals surface area contributed by atoms with E-state index in [0.29, 0.717) is 24.7 Å². The Morgan fingerprint density at radius 3 is 2.57 bits per heavy atom. The number of carbonyl (C=O) groups excluding carboxylic acids is 1. The molecule has 23 heavy (non-hydrogen) atoms. The molecule has 0 aromatic heterocycles. The van der Waals surface area contributed by atoms with Crippen LogP contribution in [0, 0.1) is 6.92 Å². The second kappa shape index (κ2) is 9.06. The number of hydrogen-bond donors (Lipinski definition) is 2. The van der Waals surface area contributed by atoms with Gasteiger partial charge in [0.15, 0.2) is 0 Å². The van der Waals surface area contributed by atoms with Crippen LogP contribution >= 0.6 is 11.6 Å². The van der Waals surface area contributed by atoms with Crippen molar-refractivity contribution in [1.29, 1.82) is 0 Å². The summed E-state index contributed by atoms with van der Waals surface area (Å²) < 4.78 is 5.57. The maximum Gasteiger partial charge on any atom is 0.314 e. The van der Waals surface area contributed by atoms with Crippen LogP contribution in [0.2, 0.25) is 5.02 Å². The van der Waals surface area contributed by atoms with Gasteiger partial charge in [-0.25, -0.2) is 4.79 Å². The van der Waals surface area contributed by atoms with Crippen molar-refractivity contribution in [2.75, 3.05) is 19.7 Å². The number of ether oxygens (including phenoxy) is 1. The summed E-state index contributed by atoms with van der Waals surface area (Å²) >= 11 is 5.83. The van der Waals surface area contributed by atoms with Crippen LogP contribution in [0.25, 0.3) is 0 Å². The number of hydrogen-bond acceptors (Lipinski definition) is 2. The maximum absolute atomic E-state index is 11.7. The Morgan fingerprint density at radius 1 is 1.09 bits per heavy atom. The molecule has 2 amide bonds. The first kappa shape index (κ1) is 17.2. The maximum atomic E-state index is 11.7. The summed E-state index contributed by atoms with van der Waals surface area (Å²) in [5, 5.41) is 6.30. The van der Waals surface area contributed by atoms with Crippen molar-refractivity contribution in [2.45, 2.75) is 13.3 Å². The summed E-state index contributed by atoms with van der Waals surface area (Å²) in [6.07, 6.45) is 0.768. The highest BCUT2D eigenvalue weighted by Gasteiger charge is 2.00. The molecule has 0 unspecified atom stereocenters. The lowest BCUT2D eigenvalue weighted by atomic mass is 10.1. The van der Waals surface area contributed by atoms with Crippen LogP contribution in [-0.2, 0) is 6.42 Å². The van der Waals surface area contributed by atoms with Crippen LogP contribution in [0.1, 0.15) is 11.1 Å². The predicted octanol–water partition coefficient (Wildman–Crippen LogP) is 3.57. The van der Waals surface area contributed by atoms with Gasteiger partial charge >= 0.3 is 6.03 Å². The van der Waals surface area contributed by atoms with E-state index in [4.69, 9.17) is 16.3 Å². The number of aryl methyl sites for hydroxylation is 1. The molecular formula is C18H21ClN2O2. The minimum absolute atomic E-state index is 0.188. The highest BCUT2D eigenvalue weighted by molar-refractivity contribution is 6.30. The molecule has 0 aliphatic carbocycles. The third-order valence-electron chi connectivity index (χ3n) is 3.26. The fourth-order valence-electron chi connectivity index (χ4n) is 2.07. The molecule has 0 aliphatic heterocycles. The summed E-state index contributed by atoms with van der Waals surface area (Å²) in [5.74, 6) is 0.815. The lowest BCUT2D eigenvalue weighted by Gasteiger charge is -2.09. The number of rotatable bonds is 7. The summed E-state index contributed by atoms with van der Waals surface area (Å²) in [6, 6.07) is 15.2. The summed E-state index contributed by atoms with van der Waals surface area (Å²) in [6.45, 7) is 3.49. The average molecular weight is 333 g/mol. The number of halogens is 1. The molecular weight excluding hydrogens is 312 g/mol. The Kier molecular flexibility index (Phi) is 6.76. The Balaban J connectivity index is 1.57. The van der Waals surface area contributed by atoms with Crippen molar-refractivity contribution in [2.24, 2.45) is 0 Å². The molecule has 4 nitrogen and oxygen atoms in total. The minimum atomic E-state index is -0.188. The normalized spacial score (nSPS) is 10.2. The van der Waals surface area contributed by atoms with Crippen molar-refractivity contribution in [3.63, 3.8) is 0 Å². The Morgan fingerprint density at radius 2 is 1.83 bits per heavy atom. The summed E-state index contributed by atoms with van der Waals surface area (Å²) in [5.41, 5.74) is 2.29. The van der Waals surface area contributed by atoms with Gasteiger partial charge < -0.3 is 15.4 Å². The van der Waals surface area contributed by atoms with Crippen LogP contribution in [-0.4, -0.2) is 25.7 Å². The Bertz CT molecular complexity index is 629. The molecule has 0 bridgehead atoms. The molecule has 2 aromatic rings. The molecule has 0 heterocycles. The molecule has 0 aliphatic rings. The van der Waals surface area contributed by atoms with Gasteiger partial charge in [-0.1, -0.05) is 35.9 Å². The van der Waals surface area contributed by atoms with Crippen LogP contribution in [0.4, 0.5) is 4.79 Å². The Hall–Kier alpha value is -2.20. The van der Waals surface area contributed by atoms with E-state index in [-0.39, 0.29) is 6.03 Å². The number of benzene rings is 2. The lowest BCUT2D eigenvalue weighted by molar-refractivity contribution is 0.236. The van der Waals surface area contributed by atoms with E-state index in [0.717, 1.165) is 23.3 Å². The van der Waals surface area contributed by atoms with Crippen molar-refractivity contribution in [3.8, 4) is 5.75 Å². The fourth-order valence-corrected chi connectivity index (χ4v) is 2.20. The average Bonchev–Trinajstić information content (AvgIpc) is 2.54. The van der Waals surface area contributed by atoms with Crippen molar-refractivity contribution < 1.29 is 9.53 Å². The second-order valence-electron chi connectivity index (χ2n) is 5.22. The Labute approximate surface area is 141 Å². The SMILES string of the molecule is Cc1cccc(OCCNC(=O)NCCc2ccc(Cl)cc2)c1. The van der Waals surface area contributed by atoms with Crippen molar-refractivity contribution >= 4 is 17.6 Å². The second-order valence-corrected chi connectivity index (χ2v) is 5.66. The standard InChI is InChI=1S/C18H21ClN2O2/c1-14-3-2-4-17(13-14)23-12-11-21-18(22)20-10-9-15-5-7-16(19)8-6-15/h2-8,13H,9-12H2,1H3,(H2,20,21,22). The number of carbonyl (C=O) groups is 1. The van der Waals surface area contributed by atoms with E-state index >= 15 is 0 Å². The summed E-state index contributed by atoms with van der Waals surface area (Å²) in [7, 11) is 0. The topological polar surface area (TPSA) is 50.4 Å². The van der Waals surface area contributed by atoms with E-state index in [9.17, 15) is 4.79 Å². The highest BCUT2D eigenvalue weighted by Crippen LogP contribution is 2.11. The first-order valence-electron chi connectivity index (χ1n) is 7.59. The van der Waals surface area contributed by atoms with Gasteiger partial charge in [0.2, 0.25) is 0 Å². The first-order valence-corrected chi connectivity index (χ1v) is 7.97. The van der Waals surface area contributed by atoms with Gasteiger partial charge in [0.05, 0.1) is 6.54 Å². The van der Waals surface area contributed by atoms with E-state index < -0.39 is 0 Å².